The normalized spacial score (nSPS) is 24.5. The second kappa shape index (κ2) is 7.80. The minimum absolute atomic E-state index is 0.634. The summed E-state index contributed by atoms with van der Waals surface area (Å²) in [4.78, 5) is 14.3. The Kier molecular flexibility index (Phi) is 4.82. The minimum atomic E-state index is 0.634. The molecule has 1 aromatic heterocycles. The first-order valence-corrected chi connectivity index (χ1v) is 11.4. The molecule has 0 amide bonds. The van der Waals surface area contributed by atoms with Gasteiger partial charge >= 0.3 is 0 Å². The third kappa shape index (κ3) is 3.35. The topological polar surface area (TPSA) is 65.5 Å². The third-order valence-corrected chi connectivity index (χ3v) is 7.23. The number of ether oxygens (including phenoxy) is 1. The number of rotatable bonds is 3. The van der Waals surface area contributed by atoms with Crippen molar-refractivity contribution in [1.82, 2.24) is 20.2 Å². The molecule has 0 aliphatic carbocycles. The lowest BCUT2D eigenvalue weighted by atomic mass is 9.95. The number of nitrogens with zero attached hydrogens (tertiary/aromatic N) is 4. The molecule has 1 atom stereocenters. The summed E-state index contributed by atoms with van der Waals surface area (Å²) >= 11 is 0. The van der Waals surface area contributed by atoms with Crippen molar-refractivity contribution in [3.8, 4) is 0 Å². The molecule has 3 fully saturated rings. The fourth-order valence-electron chi connectivity index (χ4n) is 5.28. The Bertz CT molecular complexity index is 924. The van der Waals surface area contributed by atoms with Crippen LogP contribution in [-0.2, 0) is 17.6 Å². The average Bonchev–Trinajstić information content (AvgIpc) is 3.13. The fourth-order valence-corrected chi connectivity index (χ4v) is 5.28. The zero-order valence-electron chi connectivity index (χ0n) is 17.4. The molecule has 0 saturated carbocycles. The van der Waals surface area contributed by atoms with Crippen LogP contribution in [0.25, 0.3) is 0 Å². The highest BCUT2D eigenvalue weighted by molar-refractivity contribution is 5.70. The molecular formula is C23H30N6O. The molecule has 2 N–H and O–H groups in total. The standard InChI is InChI=1S/C23H30N6O/c1-2-17(18-5-6-29(14-18)19-12-24-13-19)11-21-16(1)3-4-20-22(27-21)25-15-26-23(20)28-7-9-30-10-8-28/h1-2,11,15,18-19,24H,3-10,12-14H2,(H,25,26,27)/t18-/m1/s1. The number of hydrogen-bond acceptors (Lipinski definition) is 7. The summed E-state index contributed by atoms with van der Waals surface area (Å²) in [5.74, 6) is 2.68. The minimum Gasteiger partial charge on any atom is -0.378 e. The average molecular weight is 407 g/mol. The predicted molar refractivity (Wildman–Crippen MR) is 118 cm³/mol. The number of hydrogen-bond donors (Lipinski definition) is 2. The third-order valence-electron chi connectivity index (χ3n) is 7.23. The van der Waals surface area contributed by atoms with Gasteiger partial charge in [0.25, 0.3) is 0 Å². The summed E-state index contributed by atoms with van der Waals surface area (Å²) in [6.07, 6.45) is 4.95. The zero-order chi connectivity index (χ0) is 19.9. The van der Waals surface area contributed by atoms with Gasteiger partial charge in [0.1, 0.15) is 18.0 Å². The van der Waals surface area contributed by atoms with E-state index in [2.05, 4.69) is 48.6 Å². The number of fused-ring (bicyclic) bond motifs is 2. The van der Waals surface area contributed by atoms with Crippen LogP contribution < -0.4 is 15.5 Å². The van der Waals surface area contributed by atoms with Crippen LogP contribution in [0.5, 0.6) is 0 Å². The smallest absolute Gasteiger partial charge is 0.139 e. The molecule has 0 radical (unpaired) electrons. The molecule has 1 aromatic carbocycles. The highest BCUT2D eigenvalue weighted by atomic mass is 16.5. The van der Waals surface area contributed by atoms with Crippen LogP contribution >= 0.6 is 0 Å². The zero-order valence-corrected chi connectivity index (χ0v) is 17.4. The Morgan fingerprint density at radius 1 is 1.03 bits per heavy atom. The predicted octanol–water partition coefficient (Wildman–Crippen LogP) is 1.92. The summed E-state index contributed by atoms with van der Waals surface area (Å²) in [7, 11) is 0. The van der Waals surface area contributed by atoms with E-state index in [1.165, 1.54) is 41.9 Å². The number of aryl methyl sites for hydroxylation is 1. The molecule has 0 bridgehead atoms. The molecule has 30 heavy (non-hydrogen) atoms. The summed E-state index contributed by atoms with van der Waals surface area (Å²) in [5, 5.41) is 7.07. The second-order valence-corrected chi connectivity index (χ2v) is 8.96. The number of anilines is 3. The monoisotopic (exact) mass is 406 g/mol. The van der Waals surface area contributed by atoms with E-state index in [4.69, 9.17) is 4.74 Å². The van der Waals surface area contributed by atoms with Gasteiger partial charge in [-0.25, -0.2) is 9.97 Å². The highest BCUT2D eigenvalue weighted by Crippen LogP contribution is 2.36. The largest absolute Gasteiger partial charge is 0.378 e. The molecule has 4 aliphatic rings. The Hall–Kier alpha value is -2.22. The Balaban J connectivity index is 1.25. The number of aromatic nitrogens is 2. The van der Waals surface area contributed by atoms with Crippen LogP contribution in [0.15, 0.2) is 24.5 Å². The van der Waals surface area contributed by atoms with Crippen LogP contribution in [-0.4, -0.2) is 73.4 Å². The molecular weight excluding hydrogens is 376 g/mol. The number of likely N-dealkylation sites (tertiary alicyclic amines) is 1. The Labute approximate surface area is 177 Å². The van der Waals surface area contributed by atoms with Crippen molar-refractivity contribution in [2.75, 3.05) is 62.7 Å². The fraction of sp³-hybridized carbons (Fsp3) is 0.565. The van der Waals surface area contributed by atoms with Crippen molar-refractivity contribution in [2.24, 2.45) is 0 Å². The molecule has 0 spiro atoms. The van der Waals surface area contributed by atoms with Gasteiger partial charge in [-0.3, -0.25) is 4.90 Å². The van der Waals surface area contributed by atoms with Crippen LogP contribution in [0.4, 0.5) is 17.3 Å². The Morgan fingerprint density at radius 3 is 2.77 bits per heavy atom. The van der Waals surface area contributed by atoms with Gasteiger partial charge in [-0.2, -0.15) is 0 Å². The summed E-state index contributed by atoms with van der Waals surface area (Å²) in [6, 6.07) is 7.82. The first-order valence-electron chi connectivity index (χ1n) is 11.4. The first kappa shape index (κ1) is 18.5. The van der Waals surface area contributed by atoms with Crippen molar-refractivity contribution in [3.63, 3.8) is 0 Å². The van der Waals surface area contributed by atoms with Gasteiger partial charge in [-0.05, 0) is 48.9 Å². The van der Waals surface area contributed by atoms with Crippen molar-refractivity contribution in [3.05, 3.63) is 41.2 Å². The molecule has 0 unspecified atom stereocenters. The molecule has 158 valence electrons. The van der Waals surface area contributed by atoms with E-state index in [1.54, 1.807) is 6.33 Å². The number of benzene rings is 1. The van der Waals surface area contributed by atoms with Gasteiger partial charge in [0.2, 0.25) is 0 Å². The molecule has 5 heterocycles. The Morgan fingerprint density at radius 2 is 1.93 bits per heavy atom. The highest BCUT2D eigenvalue weighted by Gasteiger charge is 2.32. The molecule has 2 aromatic rings. The van der Waals surface area contributed by atoms with Gasteiger partial charge in [-0.1, -0.05) is 12.1 Å². The lowest BCUT2D eigenvalue weighted by Crippen LogP contribution is -2.56. The molecule has 7 heteroatoms. The van der Waals surface area contributed by atoms with Crippen LogP contribution in [0, 0.1) is 0 Å². The molecule has 4 aliphatic heterocycles. The van der Waals surface area contributed by atoms with Crippen molar-refractivity contribution in [1.29, 1.82) is 0 Å². The summed E-state index contributed by atoms with van der Waals surface area (Å²) < 4.78 is 5.53. The van der Waals surface area contributed by atoms with Crippen molar-refractivity contribution < 1.29 is 4.74 Å². The van der Waals surface area contributed by atoms with E-state index in [1.807, 2.05) is 0 Å². The number of morpholine rings is 1. The van der Waals surface area contributed by atoms with Crippen molar-refractivity contribution >= 4 is 17.3 Å². The lowest BCUT2D eigenvalue weighted by Gasteiger charge is -2.35. The second-order valence-electron chi connectivity index (χ2n) is 8.96. The maximum Gasteiger partial charge on any atom is 0.139 e. The maximum atomic E-state index is 5.53. The van der Waals surface area contributed by atoms with Gasteiger partial charge in [0.05, 0.1) is 13.2 Å². The van der Waals surface area contributed by atoms with Gasteiger partial charge in [0.15, 0.2) is 0 Å². The van der Waals surface area contributed by atoms with E-state index in [9.17, 15) is 0 Å². The van der Waals surface area contributed by atoms with Gasteiger partial charge in [0, 0.05) is 50.0 Å². The van der Waals surface area contributed by atoms with Crippen LogP contribution in [0.1, 0.15) is 29.0 Å². The molecule has 7 nitrogen and oxygen atoms in total. The van der Waals surface area contributed by atoms with E-state index in [0.29, 0.717) is 5.92 Å². The maximum absolute atomic E-state index is 5.53. The van der Waals surface area contributed by atoms with E-state index < -0.39 is 0 Å². The van der Waals surface area contributed by atoms with E-state index in [0.717, 1.165) is 69.9 Å². The number of nitrogens with one attached hydrogen (secondary N) is 2. The van der Waals surface area contributed by atoms with Crippen molar-refractivity contribution in [2.45, 2.75) is 31.2 Å². The SMILES string of the molecule is c1nc2c(c(N3CCOCC3)n1)CCc1ccc([C@@H]3CCN(C4CNC4)C3)cc1N2. The molecule has 3 saturated heterocycles. The quantitative estimate of drug-likeness (QED) is 0.807. The van der Waals surface area contributed by atoms with Crippen LogP contribution in [0.2, 0.25) is 0 Å². The van der Waals surface area contributed by atoms with Gasteiger partial charge in [-0.15, -0.1) is 0 Å². The van der Waals surface area contributed by atoms with Crippen LogP contribution in [0.3, 0.4) is 0 Å². The first-order chi connectivity index (χ1) is 14.8. The van der Waals surface area contributed by atoms with E-state index >= 15 is 0 Å². The van der Waals surface area contributed by atoms with Gasteiger partial charge < -0.3 is 20.3 Å². The molecule has 6 rings (SSSR count). The summed E-state index contributed by atoms with van der Waals surface area (Å²) in [6.45, 7) is 8.05. The summed E-state index contributed by atoms with van der Waals surface area (Å²) in [5.41, 5.74) is 5.30. The lowest BCUT2D eigenvalue weighted by molar-refractivity contribution is 0.122. The van der Waals surface area contributed by atoms with E-state index in [-0.39, 0.29) is 0 Å².